The van der Waals surface area contributed by atoms with Gasteiger partial charge in [-0.25, -0.2) is 19.0 Å². The highest BCUT2D eigenvalue weighted by Gasteiger charge is 2.51. The van der Waals surface area contributed by atoms with E-state index in [1.165, 1.54) is 126 Å². The molecule has 0 radical (unpaired) electrons. The van der Waals surface area contributed by atoms with Crippen LogP contribution in [0.4, 0.5) is 0 Å². The maximum Gasteiger partial charge on any atom is 0.472 e. The second kappa shape index (κ2) is 25.7. The van der Waals surface area contributed by atoms with Crippen LogP contribution in [-0.2, 0) is 37.4 Å². The van der Waals surface area contributed by atoms with E-state index in [0.29, 0.717) is 5.75 Å². The number of hydrogen-bond donors (Lipinski definition) is 1. The van der Waals surface area contributed by atoms with Gasteiger partial charge < -0.3 is 19.1 Å². The molecular formula is C35H58N5O10PS2. The number of aromatic nitrogens is 5. The predicted octanol–water partition coefficient (Wildman–Crippen LogP) is 7.36. The van der Waals surface area contributed by atoms with Crippen molar-refractivity contribution in [2.24, 2.45) is 0 Å². The number of ether oxygens (including phenoxy) is 3. The maximum absolute atomic E-state index is 13.0. The van der Waals surface area contributed by atoms with Crippen LogP contribution in [0.1, 0.15) is 130 Å². The molecule has 1 aliphatic heterocycles. The van der Waals surface area contributed by atoms with Gasteiger partial charge in [0.05, 0.1) is 13.2 Å². The maximum atomic E-state index is 13.0. The van der Waals surface area contributed by atoms with Crippen LogP contribution in [0.25, 0.3) is 5.82 Å². The summed E-state index contributed by atoms with van der Waals surface area (Å²) in [5, 5.41) is 3.94. The Morgan fingerprint density at radius 2 is 1.42 bits per heavy atom. The summed E-state index contributed by atoms with van der Waals surface area (Å²) in [6.07, 6.45) is 20.3. The van der Waals surface area contributed by atoms with Crippen molar-refractivity contribution >= 4 is 41.3 Å². The van der Waals surface area contributed by atoms with Crippen molar-refractivity contribution in [3.8, 4) is 5.82 Å². The largest absolute Gasteiger partial charge is 0.472 e. The number of carbonyl (C=O) groups excluding carboxylic acids is 2. The van der Waals surface area contributed by atoms with Gasteiger partial charge in [0, 0.05) is 31.6 Å². The zero-order valence-corrected chi connectivity index (χ0v) is 33.9. The quantitative estimate of drug-likeness (QED) is 0.0372. The molecule has 3 unspecified atom stereocenters. The Morgan fingerprint density at radius 1 is 0.849 bits per heavy atom. The third-order valence-corrected chi connectivity index (χ3v) is 12.1. The van der Waals surface area contributed by atoms with Crippen molar-refractivity contribution in [1.29, 1.82) is 0 Å². The smallest absolute Gasteiger partial charge is 0.456 e. The fourth-order valence-electron chi connectivity index (χ4n) is 5.99. The molecule has 1 fully saturated rings. The first-order valence-corrected chi connectivity index (χ1v) is 22.9. The van der Waals surface area contributed by atoms with Crippen LogP contribution < -0.4 is 5.69 Å². The van der Waals surface area contributed by atoms with Gasteiger partial charge in [-0.1, -0.05) is 125 Å². The van der Waals surface area contributed by atoms with Gasteiger partial charge in [0.1, 0.15) is 18.8 Å². The van der Waals surface area contributed by atoms with Crippen molar-refractivity contribution in [3.05, 3.63) is 35.4 Å². The van der Waals surface area contributed by atoms with Crippen molar-refractivity contribution < 1.29 is 42.3 Å². The van der Waals surface area contributed by atoms with E-state index in [1.807, 2.05) is 0 Å². The Morgan fingerprint density at radius 3 is 1.96 bits per heavy atom. The second-order valence-electron chi connectivity index (χ2n) is 13.1. The summed E-state index contributed by atoms with van der Waals surface area (Å²) in [5.41, 5.74) is -0.787. The highest BCUT2D eigenvalue weighted by molar-refractivity contribution is 8.76. The lowest BCUT2D eigenvalue weighted by atomic mass is 10.0. The van der Waals surface area contributed by atoms with Gasteiger partial charge in [-0.3, -0.25) is 23.2 Å². The Bertz CT molecular complexity index is 1440. The minimum Gasteiger partial charge on any atom is -0.456 e. The van der Waals surface area contributed by atoms with Crippen molar-refractivity contribution in [1.82, 2.24) is 24.3 Å². The van der Waals surface area contributed by atoms with Crippen LogP contribution in [0.2, 0.25) is 0 Å². The highest BCUT2D eigenvalue weighted by atomic mass is 33.1. The number of unbranched alkanes of at least 4 members (excludes halogenated alkanes) is 15. The molecule has 0 spiro atoms. The molecule has 0 aromatic carbocycles. The lowest BCUT2D eigenvalue weighted by molar-refractivity contribution is -0.165. The molecule has 2 aromatic heterocycles. The summed E-state index contributed by atoms with van der Waals surface area (Å²) in [4.78, 5) is 55.1. The van der Waals surface area contributed by atoms with Crippen LogP contribution >= 0.6 is 29.4 Å². The first-order chi connectivity index (χ1) is 25.6. The van der Waals surface area contributed by atoms with Gasteiger partial charge in [-0.15, -0.1) is 0 Å². The summed E-state index contributed by atoms with van der Waals surface area (Å²) >= 11 is 0. The number of nitrogens with zero attached hydrogens (tertiary/aromatic N) is 5. The predicted molar refractivity (Wildman–Crippen MR) is 205 cm³/mol. The Balaban J connectivity index is 1.31. The Hall–Kier alpha value is -2.27. The van der Waals surface area contributed by atoms with E-state index < -0.39 is 56.6 Å². The average molecular weight is 804 g/mol. The fraction of sp³-hybridized carbons (Fsp3) is 0.771. The molecule has 5 atom stereocenters. The molecule has 1 aliphatic rings. The summed E-state index contributed by atoms with van der Waals surface area (Å²) in [7, 11) is -1.26. The third kappa shape index (κ3) is 17.8. The summed E-state index contributed by atoms with van der Waals surface area (Å²) in [5.74, 6) is 0.191. The SMILES string of the molecule is CCCCCCCCCCCCCCCCCCSSCCOP(=O)(O)OCC1OC(n2ccc(-n3cncn3)nc2=O)[C@H](OC(C)=O)[C@@H]1OC(C)=O. The topological polar surface area (TPSA) is 183 Å². The van der Waals surface area contributed by atoms with Gasteiger partial charge >= 0.3 is 25.5 Å². The molecule has 300 valence electrons. The van der Waals surface area contributed by atoms with Crippen LogP contribution in [-0.4, -0.2) is 84.2 Å². The molecular weight excluding hydrogens is 746 g/mol. The number of phosphoric acid groups is 1. The normalized spacial score (nSPS) is 19.6. The second-order valence-corrected chi connectivity index (χ2v) is 17.2. The minimum atomic E-state index is -4.53. The van der Waals surface area contributed by atoms with E-state index in [-0.39, 0.29) is 12.4 Å². The van der Waals surface area contributed by atoms with Crippen molar-refractivity contribution in [2.45, 2.75) is 148 Å². The van der Waals surface area contributed by atoms with E-state index >= 15 is 0 Å². The first-order valence-electron chi connectivity index (χ1n) is 18.9. The molecule has 3 rings (SSSR count). The lowest BCUT2D eigenvalue weighted by Gasteiger charge is -2.24. The Labute approximate surface area is 321 Å². The van der Waals surface area contributed by atoms with E-state index in [1.54, 1.807) is 21.6 Å². The monoisotopic (exact) mass is 803 g/mol. The molecule has 0 aliphatic carbocycles. The van der Waals surface area contributed by atoms with E-state index in [4.69, 9.17) is 23.3 Å². The molecule has 0 saturated carbocycles. The molecule has 53 heavy (non-hydrogen) atoms. The summed E-state index contributed by atoms with van der Waals surface area (Å²) in [6, 6.07) is 1.46. The molecule has 1 N–H and O–H groups in total. The van der Waals surface area contributed by atoms with E-state index in [0.717, 1.165) is 30.6 Å². The number of rotatable bonds is 29. The standard InChI is InChI=1S/C35H58N5O10PS2/c1-4-5-6-7-8-9-10-11-12-13-14-15-16-17-18-19-23-52-53-24-22-46-51(44,45)47-25-30-32(48-28(2)41)33(49-29(3)42)34(50-30)39-21-20-31(38-35(39)43)40-27-36-26-37-40/h20-21,26-27,30,32-34H,4-19,22-25H2,1-3H3,(H,44,45)/t30?,32-,33-,34?/m1/s1. The van der Waals surface area contributed by atoms with E-state index in [9.17, 15) is 23.8 Å². The molecule has 2 aromatic rings. The van der Waals surface area contributed by atoms with Gasteiger partial charge in [-0.2, -0.15) is 10.1 Å². The van der Waals surface area contributed by atoms with Crippen LogP contribution in [0.3, 0.4) is 0 Å². The van der Waals surface area contributed by atoms with Gasteiger partial charge in [0.15, 0.2) is 24.3 Å². The Kier molecular flexibility index (Phi) is 21.9. The van der Waals surface area contributed by atoms with Crippen molar-refractivity contribution in [3.63, 3.8) is 0 Å². The third-order valence-electron chi connectivity index (χ3n) is 8.62. The summed E-state index contributed by atoms with van der Waals surface area (Å²) in [6.45, 7) is 3.96. The molecule has 0 amide bonds. The molecule has 18 heteroatoms. The number of phosphoric ester groups is 1. The van der Waals surface area contributed by atoms with Crippen LogP contribution in [0.15, 0.2) is 29.7 Å². The van der Waals surface area contributed by atoms with Crippen LogP contribution in [0.5, 0.6) is 0 Å². The molecule has 1 saturated heterocycles. The molecule has 15 nitrogen and oxygen atoms in total. The molecule has 3 heterocycles. The van der Waals surface area contributed by atoms with E-state index in [2.05, 4.69) is 22.0 Å². The van der Waals surface area contributed by atoms with Gasteiger partial charge in [-0.05, 0) is 12.5 Å². The number of carbonyl (C=O) groups is 2. The average Bonchev–Trinajstić information content (AvgIpc) is 3.77. The van der Waals surface area contributed by atoms with Crippen molar-refractivity contribution in [2.75, 3.05) is 24.7 Å². The number of esters is 2. The fourth-order valence-corrected chi connectivity index (χ4v) is 8.82. The number of hydrogen-bond acceptors (Lipinski definition) is 14. The molecule has 0 bridgehead atoms. The van der Waals surface area contributed by atoms with Gasteiger partial charge in [0.2, 0.25) is 0 Å². The van der Waals surface area contributed by atoms with Gasteiger partial charge in [0.25, 0.3) is 0 Å². The zero-order valence-electron chi connectivity index (χ0n) is 31.4. The lowest BCUT2D eigenvalue weighted by Crippen LogP contribution is -2.41. The minimum absolute atomic E-state index is 0.0266. The summed E-state index contributed by atoms with van der Waals surface area (Å²) < 4.78 is 42.1. The highest BCUT2D eigenvalue weighted by Crippen LogP contribution is 2.45. The van der Waals surface area contributed by atoms with Crippen LogP contribution in [0, 0.1) is 0 Å². The zero-order chi connectivity index (χ0) is 38.3. The first kappa shape index (κ1) is 45.1.